The maximum absolute atomic E-state index is 13.8. The van der Waals surface area contributed by atoms with Gasteiger partial charge in [0.1, 0.15) is 12.0 Å². The van der Waals surface area contributed by atoms with Gasteiger partial charge in [-0.1, -0.05) is 6.07 Å². The molecule has 1 aromatic carbocycles. The minimum absolute atomic E-state index is 0.374. The van der Waals surface area contributed by atoms with Crippen molar-refractivity contribution in [2.75, 3.05) is 18.0 Å². The summed E-state index contributed by atoms with van der Waals surface area (Å²) in [5, 5.41) is 0. The summed E-state index contributed by atoms with van der Waals surface area (Å²) in [5.74, 6) is 1.36. The number of alkyl halides is 1. The molecule has 0 radical (unpaired) electrons. The van der Waals surface area contributed by atoms with Gasteiger partial charge < -0.3 is 15.2 Å². The van der Waals surface area contributed by atoms with Crippen molar-refractivity contribution in [1.82, 2.24) is 19.5 Å². The number of benzene rings is 1. The van der Waals surface area contributed by atoms with Gasteiger partial charge in [-0.15, -0.1) is 0 Å². The highest BCUT2D eigenvalue weighted by atomic mass is 19.1. The monoisotopic (exact) mass is 365 g/mol. The van der Waals surface area contributed by atoms with Crippen molar-refractivity contribution in [3.63, 3.8) is 0 Å². The van der Waals surface area contributed by atoms with E-state index < -0.39 is 12.2 Å². The van der Waals surface area contributed by atoms with Gasteiger partial charge in [0.2, 0.25) is 5.95 Å². The van der Waals surface area contributed by atoms with Gasteiger partial charge in [0, 0.05) is 25.5 Å². The molecular weight excluding hydrogens is 345 g/mol. The fourth-order valence-corrected chi connectivity index (χ4v) is 3.34. The Kier molecular flexibility index (Phi) is 4.46. The maximum atomic E-state index is 13.8. The van der Waals surface area contributed by atoms with E-state index in [1.807, 2.05) is 28.5 Å². The molecule has 1 saturated heterocycles. The summed E-state index contributed by atoms with van der Waals surface area (Å²) in [6.07, 6.45) is 2.93. The number of aryl methyl sites for hydroxylation is 1. The molecule has 0 spiro atoms. The number of piperidine rings is 1. The molecule has 2 aromatic heterocycles. The van der Waals surface area contributed by atoms with Gasteiger partial charge in [-0.3, -0.25) is 0 Å². The third kappa shape index (κ3) is 3.34. The highest BCUT2D eigenvalue weighted by Crippen LogP contribution is 2.29. The fourth-order valence-electron chi connectivity index (χ4n) is 3.34. The first-order chi connectivity index (χ1) is 13.0. The van der Waals surface area contributed by atoms with E-state index in [4.69, 9.17) is 17.3 Å². The summed E-state index contributed by atoms with van der Waals surface area (Å²) in [5.41, 5.74) is 9.08. The average molecular weight is 365 g/mol. The Morgan fingerprint density at radius 1 is 1.33 bits per heavy atom. The minimum atomic E-state index is -0.992. The van der Waals surface area contributed by atoms with E-state index in [1.54, 1.807) is 18.5 Å². The van der Waals surface area contributed by atoms with Crippen molar-refractivity contribution >= 4 is 22.7 Å². The normalized spacial score (nSPS) is 20.0. The van der Waals surface area contributed by atoms with Crippen LogP contribution in [0.5, 0.6) is 0 Å². The molecule has 0 bridgehead atoms. The summed E-state index contributed by atoms with van der Waals surface area (Å²) in [7, 11) is 0. The number of imidazole rings is 1. The Hall–Kier alpha value is -3.05. The number of rotatable bonds is 3. The van der Waals surface area contributed by atoms with Gasteiger partial charge in [0.15, 0.2) is 5.69 Å². The molecule has 1 aliphatic rings. The van der Waals surface area contributed by atoms with Crippen LogP contribution in [0.3, 0.4) is 0 Å². The average Bonchev–Trinajstić information content (AvgIpc) is 3.03. The van der Waals surface area contributed by atoms with Crippen LogP contribution < -0.4 is 10.6 Å². The standard InChI is InChI=1S/C19H20FN7/c1-12-8-23-18(24-9-12)11-27-17-7-13(22-2)3-4-16(17)25-19(27)26-6-5-14(20)15(21)10-26/h3-4,7-9,14-15H,5-6,10-11,21H2,1H3/t14-,15-/m1/s1. The lowest BCUT2D eigenvalue weighted by Gasteiger charge is -2.34. The molecular formula is C19H20FN7. The number of aromatic nitrogens is 4. The Balaban J connectivity index is 1.79. The molecule has 0 amide bonds. The molecule has 2 atom stereocenters. The third-order valence-electron chi connectivity index (χ3n) is 4.83. The van der Waals surface area contributed by atoms with Gasteiger partial charge in [-0.2, -0.15) is 0 Å². The second-order valence-electron chi connectivity index (χ2n) is 6.87. The van der Waals surface area contributed by atoms with Crippen molar-refractivity contribution in [1.29, 1.82) is 0 Å². The van der Waals surface area contributed by atoms with Gasteiger partial charge >= 0.3 is 0 Å². The van der Waals surface area contributed by atoms with Gasteiger partial charge in [-0.25, -0.2) is 24.2 Å². The van der Waals surface area contributed by atoms with Crippen molar-refractivity contribution in [3.8, 4) is 0 Å². The molecule has 0 unspecified atom stereocenters. The summed E-state index contributed by atoms with van der Waals surface area (Å²) < 4.78 is 15.8. The zero-order valence-electron chi connectivity index (χ0n) is 15.0. The first-order valence-electron chi connectivity index (χ1n) is 8.85. The molecule has 8 heteroatoms. The van der Waals surface area contributed by atoms with E-state index in [0.29, 0.717) is 43.5 Å². The number of hydrogen-bond donors (Lipinski definition) is 1. The molecule has 4 rings (SSSR count). The molecule has 27 heavy (non-hydrogen) atoms. The van der Waals surface area contributed by atoms with E-state index in [0.717, 1.165) is 16.6 Å². The summed E-state index contributed by atoms with van der Waals surface area (Å²) in [4.78, 5) is 19.0. The Morgan fingerprint density at radius 3 is 2.81 bits per heavy atom. The third-order valence-corrected chi connectivity index (χ3v) is 4.83. The van der Waals surface area contributed by atoms with E-state index in [1.165, 1.54) is 0 Å². The molecule has 0 saturated carbocycles. The first kappa shape index (κ1) is 17.4. The van der Waals surface area contributed by atoms with E-state index in [9.17, 15) is 4.39 Å². The van der Waals surface area contributed by atoms with Crippen LogP contribution in [0.25, 0.3) is 15.9 Å². The quantitative estimate of drug-likeness (QED) is 0.722. The van der Waals surface area contributed by atoms with Crippen LogP contribution >= 0.6 is 0 Å². The molecule has 0 aliphatic carbocycles. The van der Waals surface area contributed by atoms with Crippen molar-refractivity contribution in [2.24, 2.45) is 5.73 Å². The van der Waals surface area contributed by atoms with Crippen LogP contribution in [0.4, 0.5) is 16.0 Å². The predicted octanol–water partition coefficient (Wildman–Crippen LogP) is 2.61. The number of nitrogens with zero attached hydrogens (tertiary/aromatic N) is 6. The highest BCUT2D eigenvalue weighted by molar-refractivity contribution is 5.83. The van der Waals surface area contributed by atoms with E-state index in [-0.39, 0.29) is 0 Å². The Bertz CT molecular complexity index is 1010. The van der Waals surface area contributed by atoms with Crippen LogP contribution in [0, 0.1) is 13.5 Å². The number of hydrogen-bond acceptors (Lipinski definition) is 5. The zero-order chi connectivity index (χ0) is 19.0. The summed E-state index contributed by atoms with van der Waals surface area (Å²) in [6, 6.07) is 4.86. The van der Waals surface area contributed by atoms with Crippen LogP contribution in [0.1, 0.15) is 17.8 Å². The van der Waals surface area contributed by atoms with Crippen LogP contribution in [0.2, 0.25) is 0 Å². The molecule has 7 nitrogen and oxygen atoms in total. The Labute approximate surface area is 156 Å². The number of halogens is 1. The van der Waals surface area contributed by atoms with E-state index >= 15 is 0 Å². The number of nitrogens with two attached hydrogens (primary N) is 1. The van der Waals surface area contributed by atoms with Crippen LogP contribution in [-0.2, 0) is 6.54 Å². The highest BCUT2D eigenvalue weighted by Gasteiger charge is 2.29. The van der Waals surface area contributed by atoms with E-state index in [2.05, 4.69) is 14.8 Å². The number of fused-ring (bicyclic) bond motifs is 1. The molecule has 1 aliphatic heterocycles. The lowest BCUT2D eigenvalue weighted by molar-refractivity contribution is 0.243. The first-order valence-corrected chi connectivity index (χ1v) is 8.85. The smallest absolute Gasteiger partial charge is 0.206 e. The van der Waals surface area contributed by atoms with Crippen LogP contribution in [-0.4, -0.2) is 44.8 Å². The zero-order valence-corrected chi connectivity index (χ0v) is 15.0. The van der Waals surface area contributed by atoms with Crippen molar-refractivity contribution in [3.05, 3.63) is 53.4 Å². The molecule has 3 heterocycles. The molecule has 138 valence electrons. The van der Waals surface area contributed by atoms with Gasteiger partial charge in [-0.05, 0) is 31.0 Å². The maximum Gasteiger partial charge on any atom is 0.206 e. The number of anilines is 1. The summed E-state index contributed by atoms with van der Waals surface area (Å²) >= 11 is 0. The predicted molar refractivity (Wildman–Crippen MR) is 102 cm³/mol. The molecule has 3 aromatic rings. The largest absolute Gasteiger partial charge is 0.340 e. The Morgan fingerprint density at radius 2 is 2.11 bits per heavy atom. The minimum Gasteiger partial charge on any atom is -0.340 e. The second-order valence-corrected chi connectivity index (χ2v) is 6.87. The SMILES string of the molecule is [C-]#[N+]c1ccc2nc(N3CC[C@@H](F)[C@H](N)C3)n(Cc3ncc(C)cn3)c2c1. The second kappa shape index (κ2) is 6.93. The molecule has 2 N–H and O–H groups in total. The van der Waals surface area contributed by atoms with Crippen molar-refractivity contribution in [2.45, 2.75) is 32.1 Å². The van der Waals surface area contributed by atoms with Crippen LogP contribution in [0.15, 0.2) is 30.6 Å². The molecule has 1 fully saturated rings. The van der Waals surface area contributed by atoms with Crippen molar-refractivity contribution < 1.29 is 4.39 Å². The topological polar surface area (TPSA) is 77.2 Å². The lowest BCUT2D eigenvalue weighted by Crippen LogP contribution is -2.50. The van der Waals surface area contributed by atoms with Gasteiger partial charge in [0.05, 0.1) is 30.2 Å². The summed E-state index contributed by atoms with van der Waals surface area (Å²) in [6.45, 7) is 10.6. The fraction of sp³-hybridized carbons (Fsp3) is 0.368. The van der Waals surface area contributed by atoms with Gasteiger partial charge in [0.25, 0.3) is 0 Å². The lowest BCUT2D eigenvalue weighted by atomic mass is 10.1.